The largest absolute Gasteiger partial charge is 0.416 e. The van der Waals surface area contributed by atoms with E-state index >= 15 is 0 Å². The number of alkyl halides is 3. The first-order chi connectivity index (χ1) is 10.6. The first kappa shape index (κ1) is 16.7. The zero-order chi connectivity index (χ0) is 17.0. The molecule has 0 amide bonds. The van der Waals surface area contributed by atoms with E-state index in [1.807, 2.05) is 0 Å². The van der Waals surface area contributed by atoms with Crippen molar-refractivity contribution >= 4 is 10.0 Å². The molecule has 9 heteroatoms. The van der Waals surface area contributed by atoms with Crippen LogP contribution >= 0.6 is 0 Å². The molecule has 0 radical (unpaired) electrons. The molecule has 128 valence electrons. The first-order valence-electron chi connectivity index (χ1n) is 7.23. The lowest BCUT2D eigenvalue weighted by Gasteiger charge is -2.19. The van der Waals surface area contributed by atoms with Crippen LogP contribution in [0.3, 0.4) is 0 Å². The molecule has 1 heterocycles. The van der Waals surface area contributed by atoms with Crippen LogP contribution < -0.4 is 5.73 Å². The van der Waals surface area contributed by atoms with E-state index in [4.69, 9.17) is 5.73 Å². The average molecular weight is 352 g/mol. The van der Waals surface area contributed by atoms with E-state index < -0.39 is 32.5 Å². The van der Waals surface area contributed by atoms with Crippen LogP contribution in [0.4, 0.5) is 17.6 Å². The molecule has 1 aliphatic carbocycles. The molecule has 3 unspecified atom stereocenters. The van der Waals surface area contributed by atoms with Crippen molar-refractivity contribution in [1.29, 1.82) is 0 Å². The molecule has 1 saturated carbocycles. The fourth-order valence-corrected chi connectivity index (χ4v) is 5.10. The van der Waals surface area contributed by atoms with Gasteiger partial charge in [-0.3, -0.25) is 0 Å². The SMILES string of the molecule is NC1CCC2CN(S(=O)(=O)c3cc(C(F)(F)F)ccc3F)CC12. The van der Waals surface area contributed by atoms with Crippen LogP contribution in [0.25, 0.3) is 0 Å². The number of hydrogen-bond acceptors (Lipinski definition) is 3. The Morgan fingerprint density at radius 3 is 2.48 bits per heavy atom. The highest BCUT2D eigenvalue weighted by molar-refractivity contribution is 7.89. The molecule has 1 aromatic rings. The summed E-state index contributed by atoms with van der Waals surface area (Å²) in [6.07, 6.45) is -3.15. The van der Waals surface area contributed by atoms with Crippen LogP contribution in [0.15, 0.2) is 23.1 Å². The van der Waals surface area contributed by atoms with E-state index in [0.717, 1.165) is 17.1 Å². The van der Waals surface area contributed by atoms with Crippen LogP contribution in [0.1, 0.15) is 18.4 Å². The lowest BCUT2D eigenvalue weighted by molar-refractivity contribution is -0.137. The quantitative estimate of drug-likeness (QED) is 0.830. The molecule has 2 N–H and O–H groups in total. The number of hydrogen-bond donors (Lipinski definition) is 1. The van der Waals surface area contributed by atoms with Crippen molar-refractivity contribution in [1.82, 2.24) is 4.31 Å². The molecular formula is C14H16F4N2O2S. The van der Waals surface area contributed by atoms with Gasteiger partial charge in [-0.15, -0.1) is 0 Å². The molecule has 1 saturated heterocycles. The van der Waals surface area contributed by atoms with Crippen LogP contribution in [0.5, 0.6) is 0 Å². The molecule has 0 spiro atoms. The lowest BCUT2D eigenvalue weighted by atomic mass is 9.98. The van der Waals surface area contributed by atoms with Crippen molar-refractivity contribution in [3.63, 3.8) is 0 Å². The summed E-state index contributed by atoms with van der Waals surface area (Å²) in [7, 11) is -4.31. The van der Waals surface area contributed by atoms with E-state index in [1.54, 1.807) is 0 Å². The van der Waals surface area contributed by atoms with Crippen molar-refractivity contribution in [2.75, 3.05) is 13.1 Å². The predicted molar refractivity (Wildman–Crippen MR) is 74.4 cm³/mol. The van der Waals surface area contributed by atoms with Crippen molar-refractivity contribution in [3.8, 4) is 0 Å². The summed E-state index contributed by atoms with van der Waals surface area (Å²) in [6.45, 7) is 0.306. The average Bonchev–Trinajstić information content (AvgIpc) is 3.01. The summed E-state index contributed by atoms with van der Waals surface area (Å²) >= 11 is 0. The summed E-state index contributed by atoms with van der Waals surface area (Å²) in [6, 6.07) is 1.31. The van der Waals surface area contributed by atoms with Crippen LogP contribution in [0.2, 0.25) is 0 Å². The Kier molecular flexibility index (Phi) is 3.93. The second-order valence-electron chi connectivity index (χ2n) is 6.13. The second-order valence-corrected chi connectivity index (χ2v) is 8.04. The van der Waals surface area contributed by atoms with Crippen molar-refractivity contribution < 1.29 is 26.0 Å². The number of fused-ring (bicyclic) bond motifs is 1. The van der Waals surface area contributed by atoms with Gasteiger partial charge in [0.25, 0.3) is 0 Å². The van der Waals surface area contributed by atoms with Gasteiger partial charge in [-0.05, 0) is 42.9 Å². The fourth-order valence-electron chi connectivity index (χ4n) is 3.48. The van der Waals surface area contributed by atoms with Gasteiger partial charge >= 0.3 is 6.18 Å². The van der Waals surface area contributed by atoms with Crippen molar-refractivity contribution in [2.45, 2.75) is 30.0 Å². The van der Waals surface area contributed by atoms with Crippen LogP contribution in [-0.4, -0.2) is 31.9 Å². The van der Waals surface area contributed by atoms with Crippen molar-refractivity contribution in [2.24, 2.45) is 17.6 Å². The maximum absolute atomic E-state index is 13.9. The van der Waals surface area contributed by atoms with Crippen LogP contribution in [-0.2, 0) is 16.2 Å². The standard InChI is InChI=1S/C14H16F4N2O2S/c15-11-3-2-9(14(16,17)18)5-13(11)23(21,22)20-6-8-1-4-12(19)10(8)7-20/h2-3,5,8,10,12H,1,4,6-7,19H2. The van der Waals surface area contributed by atoms with Gasteiger partial charge in [0, 0.05) is 19.1 Å². The van der Waals surface area contributed by atoms with Gasteiger partial charge < -0.3 is 5.73 Å². The van der Waals surface area contributed by atoms with Gasteiger partial charge in [0.15, 0.2) is 0 Å². The maximum atomic E-state index is 13.9. The number of rotatable bonds is 2. The lowest BCUT2D eigenvalue weighted by Crippen LogP contribution is -2.34. The predicted octanol–water partition coefficient (Wildman–Crippen LogP) is 2.20. The Hall–Kier alpha value is -1.19. The van der Waals surface area contributed by atoms with Crippen molar-refractivity contribution in [3.05, 3.63) is 29.6 Å². The highest BCUT2D eigenvalue weighted by Crippen LogP contribution is 2.40. The number of nitrogens with zero attached hydrogens (tertiary/aromatic N) is 1. The third-order valence-corrected chi connectivity index (χ3v) is 6.60. The topological polar surface area (TPSA) is 63.4 Å². The third kappa shape index (κ3) is 2.85. The molecular weight excluding hydrogens is 336 g/mol. The third-order valence-electron chi connectivity index (χ3n) is 4.76. The Balaban J connectivity index is 1.95. The van der Waals surface area contributed by atoms with Gasteiger partial charge in [0.05, 0.1) is 5.56 Å². The summed E-state index contributed by atoms with van der Waals surface area (Å²) in [4.78, 5) is -0.930. The van der Waals surface area contributed by atoms with E-state index in [0.29, 0.717) is 18.2 Å². The highest BCUT2D eigenvalue weighted by Gasteiger charge is 2.46. The molecule has 23 heavy (non-hydrogen) atoms. The van der Waals surface area contributed by atoms with E-state index in [1.165, 1.54) is 0 Å². The first-order valence-corrected chi connectivity index (χ1v) is 8.67. The Bertz CT molecular complexity index is 720. The zero-order valence-electron chi connectivity index (χ0n) is 12.1. The van der Waals surface area contributed by atoms with Gasteiger partial charge in [-0.1, -0.05) is 0 Å². The number of nitrogens with two attached hydrogens (primary N) is 1. The second kappa shape index (κ2) is 5.42. The highest BCUT2D eigenvalue weighted by atomic mass is 32.2. The zero-order valence-corrected chi connectivity index (χ0v) is 12.9. The number of benzene rings is 1. The minimum Gasteiger partial charge on any atom is -0.327 e. The molecule has 2 fully saturated rings. The summed E-state index contributed by atoms with van der Waals surface area (Å²) < 4.78 is 78.3. The molecule has 4 nitrogen and oxygen atoms in total. The Labute approximate surface area is 131 Å². The normalized spacial score (nSPS) is 29.0. The minimum absolute atomic E-state index is 0.0152. The number of halogens is 4. The monoisotopic (exact) mass is 352 g/mol. The Morgan fingerprint density at radius 2 is 1.87 bits per heavy atom. The molecule has 3 rings (SSSR count). The van der Waals surface area contributed by atoms with Gasteiger partial charge in [-0.25, -0.2) is 12.8 Å². The summed E-state index contributed by atoms with van der Waals surface area (Å²) in [5, 5.41) is 0. The molecule has 3 atom stereocenters. The van der Waals surface area contributed by atoms with Gasteiger partial charge in [-0.2, -0.15) is 17.5 Å². The molecule has 0 aromatic heterocycles. The molecule has 2 aliphatic rings. The van der Waals surface area contributed by atoms with E-state index in [9.17, 15) is 26.0 Å². The number of sulfonamides is 1. The molecule has 1 aliphatic heterocycles. The molecule has 1 aromatic carbocycles. The van der Waals surface area contributed by atoms with Gasteiger partial charge in [0.2, 0.25) is 10.0 Å². The van der Waals surface area contributed by atoms with Gasteiger partial charge in [0.1, 0.15) is 10.7 Å². The Morgan fingerprint density at radius 1 is 1.17 bits per heavy atom. The maximum Gasteiger partial charge on any atom is 0.416 e. The summed E-state index contributed by atoms with van der Waals surface area (Å²) in [5.74, 6) is -1.10. The van der Waals surface area contributed by atoms with E-state index in [-0.39, 0.29) is 31.0 Å². The van der Waals surface area contributed by atoms with Crippen LogP contribution in [0, 0.1) is 17.7 Å². The molecule has 0 bridgehead atoms. The van der Waals surface area contributed by atoms with E-state index in [2.05, 4.69) is 0 Å². The minimum atomic E-state index is -4.73. The fraction of sp³-hybridized carbons (Fsp3) is 0.571. The summed E-state index contributed by atoms with van der Waals surface area (Å²) in [5.41, 5.74) is 4.74. The smallest absolute Gasteiger partial charge is 0.327 e.